The molecule has 0 saturated heterocycles. The minimum atomic E-state index is -0.425. The Bertz CT molecular complexity index is 1560. The van der Waals surface area contributed by atoms with Crippen LogP contribution in [0.25, 0.3) is 11.3 Å². The predicted molar refractivity (Wildman–Crippen MR) is 148 cm³/mol. The Hall–Kier alpha value is -3.81. The summed E-state index contributed by atoms with van der Waals surface area (Å²) < 4.78 is 16.8. The molecule has 0 N–H and O–H groups in total. The number of hydrogen-bond donors (Lipinski definition) is 0. The lowest BCUT2D eigenvalue weighted by molar-refractivity contribution is -0.118. The number of carbonyl (C=O) groups excluding carboxylic acids is 2. The number of aryl methyl sites for hydroxylation is 1. The van der Waals surface area contributed by atoms with Gasteiger partial charge in [-0.1, -0.05) is 34.4 Å². The average molecular weight is 563 g/mol. The molecule has 3 aromatic carbocycles. The zero-order valence-corrected chi connectivity index (χ0v) is 22.6. The number of amides is 1. The standard InChI is InChI=1S/C30H24Cl2N2O5/c1-37-30(36)18-7-10-20(11-8-18)34-25-13-12-21(15-19(25)9-14-26(34)35)38-16-22-28(33-39-29(22)17-5-6-17)27-23(31)3-2-4-24(27)32/h2-4,7-8,10-13,15,17H,5-6,9,14,16H2,1H3. The van der Waals surface area contributed by atoms with Crippen LogP contribution in [-0.2, 0) is 22.6 Å². The van der Waals surface area contributed by atoms with Crippen LogP contribution in [0.4, 0.5) is 11.4 Å². The van der Waals surface area contributed by atoms with Gasteiger partial charge in [-0.25, -0.2) is 4.79 Å². The second-order valence-corrected chi connectivity index (χ2v) is 10.4. The molecule has 7 nitrogen and oxygen atoms in total. The molecular formula is C30H24Cl2N2O5. The van der Waals surface area contributed by atoms with Gasteiger partial charge in [0, 0.05) is 23.6 Å². The SMILES string of the molecule is COC(=O)c1ccc(N2C(=O)CCc3cc(OCc4c(-c5c(Cl)cccc5Cl)noc4C4CC4)ccc32)cc1. The molecule has 1 aromatic heterocycles. The van der Waals surface area contributed by atoms with Gasteiger partial charge in [-0.15, -0.1) is 0 Å². The Morgan fingerprint density at radius 1 is 1.05 bits per heavy atom. The van der Waals surface area contributed by atoms with Crippen molar-refractivity contribution in [3.8, 4) is 17.0 Å². The van der Waals surface area contributed by atoms with Crippen molar-refractivity contribution in [3.05, 3.63) is 93.2 Å². The average Bonchev–Trinajstić information content (AvgIpc) is 3.71. The number of methoxy groups -OCH3 is 1. The molecule has 1 aliphatic carbocycles. The molecule has 39 heavy (non-hydrogen) atoms. The molecule has 1 saturated carbocycles. The summed E-state index contributed by atoms with van der Waals surface area (Å²) >= 11 is 13.0. The van der Waals surface area contributed by atoms with E-state index in [1.165, 1.54) is 7.11 Å². The molecule has 6 rings (SSSR count). The molecule has 0 radical (unpaired) electrons. The number of aromatic nitrogens is 1. The van der Waals surface area contributed by atoms with Gasteiger partial charge in [-0.3, -0.25) is 9.69 Å². The third-order valence-corrected chi connectivity index (χ3v) is 7.68. The summed E-state index contributed by atoms with van der Waals surface area (Å²) in [6.45, 7) is 0.239. The smallest absolute Gasteiger partial charge is 0.337 e. The Morgan fingerprint density at radius 2 is 1.79 bits per heavy atom. The van der Waals surface area contributed by atoms with Gasteiger partial charge in [-0.05, 0) is 79.4 Å². The van der Waals surface area contributed by atoms with E-state index >= 15 is 0 Å². The summed E-state index contributed by atoms with van der Waals surface area (Å²) in [7, 11) is 1.34. The summed E-state index contributed by atoms with van der Waals surface area (Å²) in [5.74, 6) is 1.36. The normalized spacial score (nSPS) is 14.7. The van der Waals surface area contributed by atoms with Crippen molar-refractivity contribution in [2.24, 2.45) is 0 Å². The number of hydrogen-bond acceptors (Lipinski definition) is 6. The Labute approximate surface area is 235 Å². The lowest BCUT2D eigenvalue weighted by Gasteiger charge is -2.30. The molecule has 198 valence electrons. The Morgan fingerprint density at radius 3 is 2.49 bits per heavy atom. The molecule has 1 aliphatic heterocycles. The van der Waals surface area contributed by atoms with Crippen molar-refractivity contribution in [2.45, 2.75) is 38.2 Å². The van der Waals surface area contributed by atoms with Gasteiger partial charge < -0.3 is 14.0 Å². The fraction of sp³-hybridized carbons (Fsp3) is 0.233. The highest BCUT2D eigenvalue weighted by atomic mass is 35.5. The molecule has 2 heterocycles. The number of fused-ring (bicyclic) bond motifs is 1. The Kier molecular flexibility index (Phi) is 6.79. The number of rotatable bonds is 7. The van der Waals surface area contributed by atoms with E-state index in [4.69, 9.17) is 37.2 Å². The van der Waals surface area contributed by atoms with Crippen molar-refractivity contribution in [2.75, 3.05) is 12.0 Å². The minimum absolute atomic E-state index is 0.0122. The van der Waals surface area contributed by atoms with E-state index in [-0.39, 0.29) is 12.5 Å². The van der Waals surface area contributed by atoms with E-state index in [1.54, 1.807) is 47.4 Å². The van der Waals surface area contributed by atoms with Crippen LogP contribution >= 0.6 is 23.2 Å². The first-order chi connectivity index (χ1) is 18.9. The zero-order chi connectivity index (χ0) is 27.1. The number of carbonyl (C=O) groups is 2. The molecular weight excluding hydrogens is 539 g/mol. The van der Waals surface area contributed by atoms with E-state index < -0.39 is 5.97 Å². The predicted octanol–water partition coefficient (Wildman–Crippen LogP) is 7.50. The summed E-state index contributed by atoms with van der Waals surface area (Å²) in [6.07, 6.45) is 3.05. The third kappa shape index (κ3) is 4.88. The van der Waals surface area contributed by atoms with Crippen LogP contribution in [0.15, 0.2) is 65.2 Å². The molecule has 0 atom stereocenters. The van der Waals surface area contributed by atoms with E-state index in [0.29, 0.717) is 57.1 Å². The number of esters is 1. The number of halogens is 2. The van der Waals surface area contributed by atoms with Crippen LogP contribution in [0.2, 0.25) is 10.0 Å². The highest BCUT2D eigenvalue weighted by Crippen LogP contribution is 2.46. The first-order valence-corrected chi connectivity index (χ1v) is 13.4. The molecule has 0 bridgehead atoms. The van der Waals surface area contributed by atoms with Crippen LogP contribution in [0.3, 0.4) is 0 Å². The largest absolute Gasteiger partial charge is 0.489 e. The number of anilines is 2. The van der Waals surface area contributed by atoms with Crippen molar-refractivity contribution in [1.82, 2.24) is 5.16 Å². The van der Waals surface area contributed by atoms with Gasteiger partial charge in [0.05, 0.1) is 34.0 Å². The van der Waals surface area contributed by atoms with Crippen LogP contribution in [-0.4, -0.2) is 24.1 Å². The molecule has 0 unspecified atom stereocenters. The highest BCUT2D eigenvalue weighted by molar-refractivity contribution is 6.39. The topological polar surface area (TPSA) is 81.9 Å². The van der Waals surface area contributed by atoms with Gasteiger partial charge in [0.25, 0.3) is 0 Å². The lowest BCUT2D eigenvalue weighted by atomic mass is 9.99. The van der Waals surface area contributed by atoms with E-state index in [0.717, 1.165) is 35.4 Å². The first-order valence-electron chi connectivity index (χ1n) is 12.6. The maximum Gasteiger partial charge on any atom is 0.337 e. The zero-order valence-electron chi connectivity index (χ0n) is 21.1. The van der Waals surface area contributed by atoms with E-state index in [2.05, 4.69) is 5.16 Å². The van der Waals surface area contributed by atoms with Crippen molar-refractivity contribution >= 4 is 46.5 Å². The molecule has 2 aliphatic rings. The molecule has 1 fully saturated rings. The van der Waals surface area contributed by atoms with E-state index in [1.807, 2.05) is 18.2 Å². The second-order valence-electron chi connectivity index (χ2n) is 9.59. The van der Waals surface area contributed by atoms with Gasteiger partial charge in [0.1, 0.15) is 23.8 Å². The lowest BCUT2D eigenvalue weighted by Crippen LogP contribution is -2.30. The third-order valence-electron chi connectivity index (χ3n) is 7.05. The van der Waals surface area contributed by atoms with Crippen molar-refractivity contribution < 1.29 is 23.6 Å². The molecule has 0 spiro atoms. The van der Waals surface area contributed by atoms with Crippen LogP contribution < -0.4 is 9.64 Å². The fourth-order valence-electron chi connectivity index (χ4n) is 4.91. The first kappa shape index (κ1) is 25.5. The number of ether oxygens (including phenoxy) is 2. The molecule has 9 heteroatoms. The number of benzene rings is 3. The maximum absolute atomic E-state index is 12.9. The molecule has 4 aromatic rings. The summed E-state index contributed by atoms with van der Waals surface area (Å²) in [5.41, 5.74) is 4.95. The van der Waals surface area contributed by atoms with Crippen molar-refractivity contribution in [1.29, 1.82) is 0 Å². The summed E-state index contributed by atoms with van der Waals surface area (Å²) in [4.78, 5) is 26.4. The quantitative estimate of drug-likeness (QED) is 0.217. The highest BCUT2D eigenvalue weighted by Gasteiger charge is 2.34. The van der Waals surface area contributed by atoms with Gasteiger partial charge >= 0.3 is 5.97 Å². The second kappa shape index (κ2) is 10.4. The van der Waals surface area contributed by atoms with Crippen LogP contribution in [0, 0.1) is 0 Å². The van der Waals surface area contributed by atoms with Crippen molar-refractivity contribution in [3.63, 3.8) is 0 Å². The van der Waals surface area contributed by atoms with Gasteiger partial charge in [0.2, 0.25) is 5.91 Å². The van der Waals surface area contributed by atoms with E-state index in [9.17, 15) is 9.59 Å². The summed E-state index contributed by atoms with van der Waals surface area (Å²) in [5, 5.41) is 5.32. The molecule has 1 amide bonds. The maximum atomic E-state index is 12.9. The monoisotopic (exact) mass is 562 g/mol. The minimum Gasteiger partial charge on any atom is -0.489 e. The van der Waals surface area contributed by atoms with Crippen LogP contribution in [0.1, 0.15) is 52.4 Å². The number of nitrogens with zero attached hydrogens (tertiary/aromatic N) is 2. The van der Waals surface area contributed by atoms with Crippen LogP contribution in [0.5, 0.6) is 5.75 Å². The summed E-state index contributed by atoms with van der Waals surface area (Å²) in [6, 6.07) is 17.8. The van der Waals surface area contributed by atoms with Gasteiger partial charge in [0.15, 0.2) is 0 Å². The van der Waals surface area contributed by atoms with Gasteiger partial charge in [-0.2, -0.15) is 0 Å². The fourth-order valence-corrected chi connectivity index (χ4v) is 5.49. The Balaban J connectivity index is 1.27.